The van der Waals surface area contributed by atoms with Crippen molar-refractivity contribution in [3.63, 3.8) is 0 Å². The second kappa shape index (κ2) is 7.78. The molecule has 0 aromatic heterocycles. The van der Waals surface area contributed by atoms with E-state index in [1.165, 1.54) is 0 Å². The van der Waals surface area contributed by atoms with Crippen LogP contribution >= 0.6 is 23.2 Å². The number of nitrogens with zero attached hydrogens (tertiary/aromatic N) is 1. The SMILES string of the molecule is O=CC1CCCCN1CCC(=O)Nc1c(Cl)cccc1Cl. The van der Waals surface area contributed by atoms with Crippen LogP contribution in [0.5, 0.6) is 0 Å². The topological polar surface area (TPSA) is 49.4 Å². The quantitative estimate of drug-likeness (QED) is 0.843. The molecule has 1 aromatic rings. The minimum atomic E-state index is -0.153. The maximum Gasteiger partial charge on any atom is 0.225 e. The van der Waals surface area contributed by atoms with E-state index in [-0.39, 0.29) is 11.9 Å². The molecule has 0 radical (unpaired) electrons. The molecular weight excluding hydrogens is 311 g/mol. The van der Waals surface area contributed by atoms with Crippen molar-refractivity contribution >= 4 is 41.1 Å². The number of hydrogen-bond donors (Lipinski definition) is 1. The summed E-state index contributed by atoms with van der Waals surface area (Å²) in [5.41, 5.74) is 0.441. The number of rotatable bonds is 5. The number of benzene rings is 1. The predicted octanol–water partition coefficient (Wildman–Crippen LogP) is 3.38. The monoisotopic (exact) mass is 328 g/mol. The van der Waals surface area contributed by atoms with Gasteiger partial charge in [-0.1, -0.05) is 35.7 Å². The molecule has 1 saturated heterocycles. The van der Waals surface area contributed by atoms with Crippen LogP contribution in [0.4, 0.5) is 5.69 Å². The molecule has 1 atom stereocenters. The van der Waals surface area contributed by atoms with E-state index in [0.717, 1.165) is 32.1 Å². The number of likely N-dealkylation sites (tertiary alicyclic amines) is 1. The number of carbonyl (C=O) groups excluding carboxylic acids is 2. The highest BCUT2D eigenvalue weighted by Gasteiger charge is 2.22. The van der Waals surface area contributed by atoms with Gasteiger partial charge in [-0.3, -0.25) is 9.69 Å². The molecule has 21 heavy (non-hydrogen) atoms. The van der Waals surface area contributed by atoms with E-state index < -0.39 is 0 Å². The first-order valence-electron chi connectivity index (χ1n) is 7.05. The van der Waals surface area contributed by atoms with Crippen LogP contribution in [0.3, 0.4) is 0 Å². The van der Waals surface area contributed by atoms with Crippen molar-refractivity contribution in [3.05, 3.63) is 28.2 Å². The number of anilines is 1. The molecule has 1 aliphatic heterocycles. The van der Waals surface area contributed by atoms with Gasteiger partial charge >= 0.3 is 0 Å². The lowest BCUT2D eigenvalue weighted by Crippen LogP contribution is -2.41. The van der Waals surface area contributed by atoms with Crippen LogP contribution < -0.4 is 5.32 Å². The maximum atomic E-state index is 12.0. The summed E-state index contributed by atoms with van der Waals surface area (Å²) < 4.78 is 0. The van der Waals surface area contributed by atoms with Gasteiger partial charge in [0.25, 0.3) is 0 Å². The maximum absolute atomic E-state index is 12.0. The van der Waals surface area contributed by atoms with Gasteiger partial charge in [0.2, 0.25) is 5.91 Å². The van der Waals surface area contributed by atoms with Crippen molar-refractivity contribution in [1.29, 1.82) is 0 Å². The Kier molecular flexibility index (Phi) is 6.03. The van der Waals surface area contributed by atoms with Crippen LogP contribution in [0, 0.1) is 0 Å². The summed E-state index contributed by atoms with van der Waals surface area (Å²) in [4.78, 5) is 25.1. The van der Waals surface area contributed by atoms with Crippen molar-refractivity contribution in [2.75, 3.05) is 18.4 Å². The van der Waals surface area contributed by atoms with E-state index in [1.807, 2.05) is 0 Å². The zero-order chi connectivity index (χ0) is 15.2. The number of aldehydes is 1. The van der Waals surface area contributed by atoms with Crippen LogP contribution in [0.2, 0.25) is 10.0 Å². The van der Waals surface area contributed by atoms with Gasteiger partial charge in [-0.05, 0) is 31.5 Å². The van der Waals surface area contributed by atoms with E-state index in [2.05, 4.69) is 10.2 Å². The van der Waals surface area contributed by atoms with E-state index in [0.29, 0.717) is 28.7 Å². The van der Waals surface area contributed by atoms with Crippen LogP contribution in [0.1, 0.15) is 25.7 Å². The molecule has 1 unspecified atom stereocenters. The minimum absolute atomic E-state index is 0.0598. The van der Waals surface area contributed by atoms with Gasteiger partial charge in [0.05, 0.1) is 21.8 Å². The number of para-hydroxylation sites is 1. The lowest BCUT2D eigenvalue weighted by molar-refractivity contribution is -0.118. The highest BCUT2D eigenvalue weighted by atomic mass is 35.5. The summed E-state index contributed by atoms with van der Waals surface area (Å²) in [7, 11) is 0. The highest BCUT2D eigenvalue weighted by Crippen LogP contribution is 2.29. The third kappa shape index (κ3) is 4.43. The van der Waals surface area contributed by atoms with E-state index >= 15 is 0 Å². The Morgan fingerprint density at radius 3 is 2.71 bits per heavy atom. The normalized spacial score (nSPS) is 19.2. The summed E-state index contributed by atoms with van der Waals surface area (Å²) in [6, 6.07) is 5.02. The summed E-state index contributed by atoms with van der Waals surface area (Å²) in [5, 5.41) is 3.57. The largest absolute Gasteiger partial charge is 0.324 e. The van der Waals surface area contributed by atoms with Crippen molar-refractivity contribution in [2.24, 2.45) is 0 Å². The van der Waals surface area contributed by atoms with Crippen molar-refractivity contribution in [3.8, 4) is 0 Å². The Balaban J connectivity index is 1.88. The second-order valence-electron chi connectivity index (χ2n) is 5.13. The Labute approximate surface area is 134 Å². The molecule has 114 valence electrons. The zero-order valence-electron chi connectivity index (χ0n) is 11.6. The number of nitrogens with one attached hydrogen (secondary N) is 1. The lowest BCUT2D eigenvalue weighted by Gasteiger charge is -2.31. The van der Waals surface area contributed by atoms with E-state index in [1.54, 1.807) is 18.2 Å². The number of carbonyl (C=O) groups is 2. The molecule has 0 aliphatic carbocycles. The fourth-order valence-corrected chi connectivity index (χ4v) is 3.00. The fraction of sp³-hybridized carbons (Fsp3) is 0.467. The molecule has 0 bridgehead atoms. The molecule has 1 heterocycles. The van der Waals surface area contributed by atoms with Crippen LogP contribution in [0.25, 0.3) is 0 Å². The molecule has 0 saturated carbocycles. The molecule has 4 nitrogen and oxygen atoms in total. The molecule has 1 aromatic carbocycles. The first kappa shape index (κ1) is 16.3. The summed E-state index contributed by atoms with van der Waals surface area (Å²) in [6.07, 6.45) is 4.30. The number of hydrogen-bond acceptors (Lipinski definition) is 3. The molecule has 1 N–H and O–H groups in total. The number of amides is 1. The molecule has 1 fully saturated rings. The average Bonchev–Trinajstić information content (AvgIpc) is 2.49. The standard InChI is InChI=1S/C15H18Cl2N2O2/c16-12-5-3-6-13(17)15(12)18-14(21)7-9-19-8-2-1-4-11(19)10-20/h3,5-6,10-11H,1-2,4,7-9H2,(H,18,21). The van der Waals surface area contributed by atoms with E-state index in [4.69, 9.17) is 23.2 Å². The third-order valence-electron chi connectivity index (χ3n) is 3.67. The zero-order valence-corrected chi connectivity index (χ0v) is 13.2. The Morgan fingerprint density at radius 1 is 1.33 bits per heavy atom. The first-order valence-corrected chi connectivity index (χ1v) is 7.80. The molecule has 1 amide bonds. The van der Waals surface area contributed by atoms with Crippen LogP contribution in [0.15, 0.2) is 18.2 Å². The Bertz CT molecular complexity index is 502. The number of piperidine rings is 1. The molecule has 6 heteroatoms. The molecule has 2 rings (SSSR count). The van der Waals surface area contributed by atoms with Gasteiger partial charge < -0.3 is 10.1 Å². The smallest absolute Gasteiger partial charge is 0.225 e. The van der Waals surface area contributed by atoms with Gasteiger partial charge in [0, 0.05) is 13.0 Å². The third-order valence-corrected chi connectivity index (χ3v) is 4.30. The number of halogens is 2. The van der Waals surface area contributed by atoms with Crippen molar-refractivity contribution < 1.29 is 9.59 Å². The average molecular weight is 329 g/mol. The summed E-state index contributed by atoms with van der Waals surface area (Å²) in [5.74, 6) is -0.153. The molecule has 1 aliphatic rings. The first-order chi connectivity index (χ1) is 10.1. The highest BCUT2D eigenvalue weighted by molar-refractivity contribution is 6.39. The minimum Gasteiger partial charge on any atom is -0.324 e. The van der Waals surface area contributed by atoms with Crippen LogP contribution in [-0.2, 0) is 9.59 Å². The van der Waals surface area contributed by atoms with Gasteiger partial charge in [-0.25, -0.2) is 0 Å². The molecular formula is C15H18Cl2N2O2. The summed E-state index contributed by atoms with van der Waals surface area (Å²) >= 11 is 12.0. The second-order valence-corrected chi connectivity index (χ2v) is 5.94. The van der Waals surface area contributed by atoms with Gasteiger partial charge in [0.1, 0.15) is 6.29 Å². The van der Waals surface area contributed by atoms with Gasteiger partial charge in [0.15, 0.2) is 0 Å². The predicted molar refractivity (Wildman–Crippen MR) is 85.0 cm³/mol. The molecule has 0 spiro atoms. The fourth-order valence-electron chi connectivity index (χ4n) is 2.51. The van der Waals surface area contributed by atoms with Crippen molar-refractivity contribution in [2.45, 2.75) is 31.7 Å². The Hall–Kier alpha value is -1.10. The summed E-state index contributed by atoms with van der Waals surface area (Å²) in [6.45, 7) is 1.43. The van der Waals surface area contributed by atoms with Crippen LogP contribution in [-0.4, -0.2) is 36.2 Å². The van der Waals surface area contributed by atoms with E-state index in [9.17, 15) is 9.59 Å². The van der Waals surface area contributed by atoms with Crippen molar-refractivity contribution in [1.82, 2.24) is 4.90 Å². The van der Waals surface area contributed by atoms with Gasteiger partial charge in [-0.15, -0.1) is 0 Å². The Morgan fingerprint density at radius 2 is 2.05 bits per heavy atom. The van der Waals surface area contributed by atoms with Gasteiger partial charge in [-0.2, -0.15) is 0 Å². The lowest BCUT2D eigenvalue weighted by atomic mass is 10.0.